The van der Waals surface area contributed by atoms with Crippen molar-refractivity contribution in [1.82, 2.24) is 10.6 Å². The number of carbonyl (C=O) groups is 2. The molecule has 0 aliphatic carbocycles. The van der Waals surface area contributed by atoms with E-state index in [0.717, 1.165) is 12.0 Å². The Labute approximate surface area is 121 Å². The van der Waals surface area contributed by atoms with E-state index in [0.29, 0.717) is 12.5 Å². The van der Waals surface area contributed by atoms with E-state index >= 15 is 0 Å². The van der Waals surface area contributed by atoms with Crippen molar-refractivity contribution in [3.63, 3.8) is 0 Å². The number of hydrogen-bond donors (Lipinski definition) is 2. The molecular weight excluding hydrogens is 252 g/mol. The lowest BCUT2D eigenvalue weighted by Crippen LogP contribution is -2.42. The van der Waals surface area contributed by atoms with Gasteiger partial charge in [0.1, 0.15) is 0 Å². The maximum absolute atomic E-state index is 11.7. The summed E-state index contributed by atoms with van der Waals surface area (Å²) in [4.78, 5) is 23.3. The molecule has 0 fully saturated rings. The van der Waals surface area contributed by atoms with Crippen molar-refractivity contribution in [2.75, 3.05) is 6.54 Å². The van der Waals surface area contributed by atoms with Crippen LogP contribution in [0.1, 0.15) is 44.9 Å². The third-order valence-corrected chi connectivity index (χ3v) is 3.11. The topological polar surface area (TPSA) is 58.2 Å². The fourth-order valence-electron chi connectivity index (χ4n) is 1.76. The first-order valence-electron chi connectivity index (χ1n) is 7.11. The zero-order chi connectivity index (χ0) is 15.1. The Hall–Kier alpha value is -1.84. The predicted octanol–water partition coefficient (Wildman–Crippen LogP) is 2.20. The van der Waals surface area contributed by atoms with Gasteiger partial charge in [-0.15, -0.1) is 0 Å². The maximum Gasteiger partial charge on any atom is 0.309 e. The van der Waals surface area contributed by atoms with Crippen molar-refractivity contribution in [1.29, 1.82) is 0 Å². The van der Waals surface area contributed by atoms with Gasteiger partial charge in [0.25, 0.3) is 0 Å². The van der Waals surface area contributed by atoms with Gasteiger partial charge in [-0.05, 0) is 30.4 Å². The predicted molar refractivity (Wildman–Crippen MR) is 80.2 cm³/mol. The summed E-state index contributed by atoms with van der Waals surface area (Å²) < 4.78 is 0. The number of aryl methyl sites for hydroxylation is 1. The second-order valence-corrected chi connectivity index (χ2v) is 5.39. The van der Waals surface area contributed by atoms with Gasteiger partial charge in [0.2, 0.25) is 0 Å². The van der Waals surface area contributed by atoms with Gasteiger partial charge in [-0.1, -0.05) is 45.0 Å². The number of carbonyl (C=O) groups excluding carboxylic acids is 2. The minimum absolute atomic E-state index is 0.182. The molecule has 0 aromatic heterocycles. The van der Waals surface area contributed by atoms with E-state index in [9.17, 15) is 9.59 Å². The van der Waals surface area contributed by atoms with Crippen LogP contribution < -0.4 is 10.6 Å². The van der Waals surface area contributed by atoms with Gasteiger partial charge >= 0.3 is 11.8 Å². The van der Waals surface area contributed by atoms with Crippen molar-refractivity contribution in [3.05, 3.63) is 35.4 Å². The minimum Gasteiger partial charge on any atom is -0.348 e. The van der Waals surface area contributed by atoms with Gasteiger partial charge in [-0.2, -0.15) is 0 Å². The van der Waals surface area contributed by atoms with Crippen LogP contribution in [0.3, 0.4) is 0 Å². The monoisotopic (exact) mass is 276 g/mol. The van der Waals surface area contributed by atoms with Crippen molar-refractivity contribution < 1.29 is 9.59 Å². The molecule has 0 aliphatic rings. The van der Waals surface area contributed by atoms with Crippen LogP contribution in [0.25, 0.3) is 0 Å². The van der Waals surface area contributed by atoms with E-state index in [1.807, 2.05) is 45.0 Å². The summed E-state index contributed by atoms with van der Waals surface area (Å²) in [5.41, 5.74) is 2.24. The average Bonchev–Trinajstić information content (AvgIpc) is 2.44. The quantitative estimate of drug-likeness (QED) is 0.810. The Morgan fingerprint density at radius 3 is 2.15 bits per heavy atom. The van der Waals surface area contributed by atoms with E-state index in [2.05, 4.69) is 17.6 Å². The molecule has 0 bridgehead atoms. The summed E-state index contributed by atoms with van der Waals surface area (Å²) in [5, 5.41) is 5.31. The largest absolute Gasteiger partial charge is 0.348 e. The van der Waals surface area contributed by atoms with Gasteiger partial charge in [0, 0.05) is 6.54 Å². The van der Waals surface area contributed by atoms with Gasteiger partial charge in [-0.3, -0.25) is 9.59 Å². The Balaban J connectivity index is 2.53. The molecule has 1 rings (SSSR count). The lowest BCUT2D eigenvalue weighted by molar-refractivity contribution is -0.139. The van der Waals surface area contributed by atoms with Gasteiger partial charge in [0.15, 0.2) is 0 Å². The lowest BCUT2D eigenvalue weighted by atomic mass is 10.1. The second-order valence-electron chi connectivity index (χ2n) is 5.39. The van der Waals surface area contributed by atoms with E-state index in [-0.39, 0.29) is 6.04 Å². The molecule has 0 saturated heterocycles. The highest BCUT2D eigenvalue weighted by atomic mass is 16.2. The van der Waals surface area contributed by atoms with E-state index in [1.165, 1.54) is 5.56 Å². The van der Waals surface area contributed by atoms with E-state index in [1.54, 1.807) is 0 Å². The number of hydrogen-bond acceptors (Lipinski definition) is 2. The Morgan fingerprint density at radius 2 is 1.65 bits per heavy atom. The maximum atomic E-state index is 11.7. The summed E-state index contributed by atoms with van der Waals surface area (Å²) in [6.07, 6.45) is 0.985. The highest BCUT2D eigenvalue weighted by Crippen LogP contribution is 2.13. The van der Waals surface area contributed by atoms with Gasteiger partial charge in [0.05, 0.1) is 6.04 Å². The van der Waals surface area contributed by atoms with Gasteiger partial charge in [-0.25, -0.2) is 0 Å². The van der Waals surface area contributed by atoms with Crippen LogP contribution in [0.5, 0.6) is 0 Å². The Kier molecular flexibility index (Phi) is 6.22. The number of amides is 2. The normalized spacial score (nSPS) is 12.1. The molecule has 1 aromatic carbocycles. The third-order valence-electron chi connectivity index (χ3n) is 3.11. The van der Waals surface area contributed by atoms with Crippen LogP contribution in [0, 0.1) is 5.92 Å². The standard InChI is InChI=1S/C16H24N2O2/c1-5-13-6-8-14(9-7-13)12(4)18-16(20)15(19)17-10-11(2)3/h6-9,11-12H,5,10H2,1-4H3,(H,17,19)(H,18,20). The molecule has 20 heavy (non-hydrogen) atoms. The summed E-state index contributed by atoms with van der Waals surface area (Å²) in [7, 11) is 0. The molecule has 1 atom stereocenters. The summed E-state index contributed by atoms with van der Waals surface area (Å²) in [5.74, 6) is -0.834. The third kappa shape index (κ3) is 5.03. The SMILES string of the molecule is CCc1ccc(C(C)NC(=O)C(=O)NCC(C)C)cc1. The fourth-order valence-corrected chi connectivity index (χ4v) is 1.76. The second kappa shape index (κ2) is 7.68. The molecule has 110 valence electrons. The molecule has 4 heteroatoms. The summed E-state index contributed by atoms with van der Waals surface area (Å²) >= 11 is 0. The van der Waals surface area contributed by atoms with Crippen LogP contribution in [0.4, 0.5) is 0 Å². The van der Waals surface area contributed by atoms with Crippen LogP contribution >= 0.6 is 0 Å². The minimum atomic E-state index is -0.585. The first-order valence-corrected chi connectivity index (χ1v) is 7.11. The molecule has 2 N–H and O–H groups in total. The smallest absolute Gasteiger partial charge is 0.309 e. The molecule has 0 aliphatic heterocycles. The van der Waals surface area contributed by atoms with E-state index < -0.39 is 11.8 Å². The molecule has 2 amide bonds. The summed E-state index contributed by atoms with van der Waals surface area (Å²) in [6.45, 7) is 8.44. The molecular formula is C16H24N2O2. The molecule has 1 unspecified atom stereocenters. The molecule has 0 spiro atoms. The van der Waals surface area contributed by atoms with Crippen molar-refractivity contribution in [3.8, 4) is 0 Å². The average molecular weight is 276 g/mol. The van der Waals surface area contributed by atoms with Crippen molar-refractivity contribution >= 4 is 11.8 Å². The van der Waals surface area contributed by atoms with Crippen LogP contribution in [-0.2, 0) is 16.0 Å². The van der Waals surface area contributed by atoms with Crippen LogP contribution in [-0.4, -0.2) is 18.4 Å². The highest BCUT2D eigenvalue weighted by Gasteiger charge is 2.16. The number of rotatable bonds is 5. The van der Waals surface area contributed by atoms with Gasteiger partial charge < -0.3 is 10.6 Å². The molecule has 4 nitrogen and oxygen atoms in total. The fraction of sp³-hybridized carbons (Fsp3) is 0.500. The number of benzene rings is 1. The van der Waals surface area contributed by atoms with Crippen LogP contribution in [0.2, 0.25) is 0 Å². The number of nitrogens with one attached hydrogen (secondary N) is 2. The van der Waals surface area contributed by atoms with Crippen LogP contribution in [0.15, 0.2) is 24.3 Å². The zero-order valence-corrected chi connectivity index (χ0v) is 12.7. The molecule has 0 saturated carbocycles. The Morgan fingerprint density at radius 1 is 1.05 bits per heavy atom. The highest BCUT2D eigenvalue weighted by molar-refractivity contribution is 6.35. The Bertz CT molecular complexity index is 452. The van der Waals surface area contributed by atoms with E-state index in [4.69, 9.17) is 0 Å². The van der Waals surface area contributed by atoms with Crippen molar-refractivity contribution in [2.24, 2.45) is 5.92 Å². The van der Waals surface area contributed by atoms with Crippen molar-refractivity contribution in [2.45, 2.75) is 40.2 Å². The molecule has 0 radical (unpaired) electrons. The zero-order valence-electron chi connectivity index (χ0n) is 12.7. The molecule has 1 aromatic rings. The lowest BCUT2D eigenvalue weighted by Gasteiger charge is -2.15. The molecule has 0 heterocycles. The summed E-state index contributed by atoms with van der Waals surface area (Å²) in [6, 6.07) is 7.86. The first-order chi connectivity index (χ1) is 9.43. The first kappa shape index (κ1) is 16.2.